The molecule has 52 heavy (non-hydrogen) atoms. The molecular weight excluding hydrogens is 691 g/mol. The number of sulfonamides is 1. The van der Waals surface area contributed by atoms with Crippen molar-refractivity contribution in [2.45, 2.75) is 77.6 Å². The van der Waals surface area contributed by atoms with E-state index in [1.165, 1.54) is 6.20 Å². The molecule has 2 amide bonds. The molecule has 280 valence electrons. The third-order valence-corrected chi connectivity index (χ3v) is 9.81. The average molecular weight is 738 g/mol. The molecule has 15 nitrogen and oxygen atoms in total. The fourth-order valence-electron chi connectivity index (χ4n) is 5.81. The second-order valence-electron chi connectivity index (χ2n) is 13.5. The van der Waals surface area contributed by atoms with E-state index in [9.17, 15) is 27.6 Å². The van der Waals surface area contributed by atoms with Crippen LogP contribution in [0.3, 0.4) is 0 Å². The van der Waals surface area contributed by atoms with Gasteiger partial charge in [-0.25, -0.2) is 18.2 Å². The fourth-order valence-corrected chi connectivity index (χ4v) is 7.44. The van der Waals surface area contributed by atoms with Crippen molar-refractivity contribution in [1.82, 2.24) is 29.5 Å². The summed E-state index contributed by atoms with van der Waals surface area (Å²) >= 11 is 0. The molecule has 16 heteroatoms. The highest BCUT2D eigenvalue weighted by atomic mass is 32.2. The van der Waals surface area contributed by atoms with Gasteiger partial charge in [0.15, 0.2) is 0 Å². The largest absolute Gasteiger partial charge is 0.468 e. The lowest BCUT2D eigenvalue weighted by atomic mass is 10.1. The molecule has 2 aromatic carbocycles. The van der Waals surface area contributed by atoms with Crippen LogP contribution < -0.4 is 26.1 Å². The molecule has 0 aliphatic rings. The van der Waals surface area contributed by atoms with Gasteiger partial charge in [0.1, 0.15) is 17.2 Å². The lowest BCUT2D eigenvalue weighted by molar-refractivity contribution is -0.142. The zero-order valence-electron chi connectivity index (χ0n) is 30.7. The van der Waals surface area contributed by atoms with Crippen LogP contribution in [0, 0.1) is 20.8 Å². The lowest BCUT2D eigenvalue weighted by Crippen LogP contribution is -2.49. The van der Waals surface area contributed by atoms with Gasteiger partial charge in [0.05, 0.1) is 17.5 Å². The molecule has 0 radical (unpaired) electrons. The van der Waals surface area contributed by atoms with Crippen molar-refractivity contribution in [2.24, 2.45) is 7.05 Å². The summed E-state index contributed by atoms with van der Waals surface area (Å²) in [4.78, 5) is 56.6. The van der Waals surface area contributed by atoms with Crippen LogP contribution in [0.5, 0.6) is 0 Å². The summed E-state index contributed by atoms with van der Waals surface area (Å²) in [6.45, 7) is 10.9. The zero-order chi connectivity index (χ0) is 38.4. The number of methoxy groups -OCH3 is 1. The number of carbonyl (C=O) groups excluding carboxylic acids is 3. The highest BCUT2D eigenvalue weighted by Gasteiger charge is 2.30. The zero-order valence-corrected chi connectivity index (χ0v) is 31.6. The Morgan fingerprint density at radius 2 is 1.71 bits per heavy atom. The predicted octanol–water partition coefficient (Wildman–Crippen LogP) is 3.44. The number of anilines is 1. The van der Waals surface area contributed by atoms with Gasteiger partial charge >= 0.3 is 12.1 Å². The van der Waals surface area contributed by atoms with E-state index >= 15 is 0 Å². The first-order valence-corrected chi connectivity index (χ1v) is 18.2. The number of nitrogens with one attached hydrogen (secondary N) is 4. The highest BCUT2D eigenvalue weighted by Crippen LogP contribution is 2.22. The van der Waals surface area contributed by atoms with Crippen molar-refractivity contribution in [3.63, 3.8) is 0 Å². The van der Waals surface area contributed by atoms with Gasteiger partial charge in [-0.3, -0.25) is 14.4 Å². The van der Waals surface area contributed by atoms with E-state index in [1.807, 2.05) is 30.8 Å². The first-order valence-electron chi connectivity index (χ1n) is 16.7. The maximum Gasteiger partial charge on any atom is 0.407 e. The lowest BCUT2D eigenvalue weighted by Gasteiger charge is -2.20. The van der Waals surface area contributed by atoms with Crippen molar-refractivity contribution >= 4 is 44.8 Å². The summed E-state index contributed by atoms with van der Waals surface area (Å²) in [6.07, 6.45) is 4.76. The van der Waals surface area contributed by atoms with Gasteiger partial charge in [-0.1, -0.05) is 23.8 Å². The molecule has 0 aliphatic heterocycles. The Balaban J connectivity index is 1.60. The molecule has 4 N–H and O–H groups in total. The number of ether oxygens (including phenoxy) is 2. The minimum Gasteiger partial charge on any atom is -0.468 e. The Kier molecular flexibility index (Phi) is 12.5. The molecule has 0 saturated heterocycles. The van der Waals surface area contributed by atoms with E-state index in [1.54, 1.807) is 69.6 Å². The Morgan fingerprint density at radius 1 is 1.02 bits per heavy atom. The Labute approximate surface area is 303 Å². The van der Waals surface area contributed by atoms with Crippen LogP contribution in [0.1, 0.15) is 59.8 Å². The molecule has 0 spiro atoms. The minimum absolute atomic E-state index is 0.0198. The number of benzene rings is 2. The third kappa shape index (κ3) is 9.97. The summed E-state index contributed by atoms with van der Waals surface area (Å²) in [5, 5.41) is 8.77. The van der Waals surface area contributed by atoms with Crippen LogP contribution in [0.2, 0.25) is 0 Å². The smallest absolute Gasteiger partial charge is 0.407 e. The highest BCUT2D eigenvalue weighted by molar-refractivity contribution is 7.89. The van der Waals surface area contributed by atoms with Crippen molar-refractivity contribution in [2.75, 3.05) is 25.5 Å². The van der Waals surface area contributed by atoms with Gasteiger partial charge in [-0.05, 0) is 76.8 Å². The van der Waals surface area contributed by atoms with Crippen LogP contribution in [-0.4, -0.2) is 72.3 Å². The van der Waals surface area contributed by atoms with Crippen LogP contribution >= 0.6 is 0 Å². The van der Waals surface area contributed by atoms with E-state index in [-0.39, 0.29) is 22.4 Å². The van der Waals surface area contributed by atoms with Crippen LogP contribution in [0.4, 0.5) is 10.7 Å². The number of aryl methyl sites for hydroxylation is 5. The Hall–Kier alpha value is -5.22. The van der Waals surface area contributed by atoms with Gasteiger partial charge in [0, 0.05) is 57.2 Å². The first-order chi connectivity index (χ1) is 24.4. The number of aromatic nitrogens is 3. The molecule has 2 aromatic heterocycles. The topological polar surface area (TPSA) is 192 Å². The van der Waals surface area contributed by atoms with Crippen molar-refractivity contribution in [3.05, 3.63) is 87.0 Å². The number of carbonyl (C=O) groups is 3. The number of pyridine rings is 1. The average Bonchev–Trinajstić information content (AvgIpc) is 3.47. The first kappa shape index (κ1) is 39.6. The number of hydrogen-bond acceptors (Lipinski definition) is 10. The van der Waals surface area contributed by atoms with E-state index in [0.717, 1.165) is 18.2 Å². The monoisotopic (exact) mass is 737 g/mol. The van der Waals surface area contributed by atoms with Crippen LogP contribution in [0.25, 0.3) is 10.9 Å². The molecule has 0 saturated carbocycles. The Bertz CT molecular complexity index is 2110. The van der Waals surface area contributed by atoms with E-state index in [0.29, 0.717) is 42.1 Å². The molecule has 1 atom stereocenters. The van der Waals surface area contributed by atoms with E-state index in [2.05, 4.69) is 25.7 Å². The number of alkyl carbamates (subject to hydrolysis) is 1. The standard InChI is InChI=1S/C36H47N7O8S/c1-22-16-23(2)31(24(3)17-22)52(48,49)41-28(33(46)50-8)20-39-32(45)27-21-43(14-9-12-38-35(47)51-36(4,5)6)29-18-25(10-11-26(29)30(27)44)19-40-34-37-13-15-42(34)7/h10-11,13,15-18,21,28,41H,9,12,14,19-20H2,1-8H3,(H,37,40)(H,38,47)(H,39,45). The minimum atomic E-state index is -4.22. The number of amides is 2. The maximum atomic E-state index is 13.7. The van der Waals surface area contributed by atoms with Gasteiger partial charge in [0.2, 0.25) is 21.4 Å². The normalized spacial score (nSPS) is 12.3. The van der Waals surface area contributed by atoms with Gasteiger partial charge in [-0.2, -0.15) is 4.72 Å². The summed E-state index contributed by atoms with van der Waals surface area (Å²) in [5.41, 5.74) is 1.83. The number of rotatable bonds is 14. The van der Waals surface area contributed by atoms with E-state index in [4.69, 9.17) is 9.47 Å². The third-order valence-electron chi connectivity index (χ3n) is 8.03. The molecule has 0 fully saturated rings. The fraction of sp³-hybridized carbons (Fsp3) is 0.417. The van der Waals surface area contributed by atoms with Crippen molar-refractivity contribution in [1.29, 1.82) is 0 Å². The molecule has 4 aromatic rings. The molecular formula is C36H47N7O8S. The van der Waals surface area contributed by atoms with E-state index < -0.39 is 51.6 Å². The number of imidazole rings is 1. The number of esters is 1. The molecule has 2 heterocycles. The van der Waals surface area contributed by atoms with Gasteiger partial charge < -0.3 is 34.6 Å². The van der Waals surface area contributed by atoms with Crippen LogP contribution in [-0.2, 0) is 44.4 Å². The number of nitrogens with zero attached hydrogens (tertiary/aromatic N) is 3. The second kappa shape index (κ2) is 16.4. The molecule has 1 unspecified atom stereocenters. The van der Waals surface area contributed by atoms with Crippen molar-refractivity contribution < 1.29 is 32.3 Å². The molecule has 0 bridgehead atoms. The maximum absolute atomic E-state index is 13.7. The van der Waals surface area contributed by atoms with Gasteiger partial charge in [-0.15, -0.1) is 0 Å². The molecule has 4 rings (SSSR count). The predicted molar refractivity (Wildman–Crippen MR) is 197 cm³/mol. The summed E-state index contributed by atoms with van der Waals surface area (Å²) in [6, 6.07) is 7.19. The summed E-state index contributed by atoms with van der Waals surface area (Å²) in [5.74, 6) is -1.08. The summed E-state index contributed by atoms with van der Waals surface area (Å²) < 4.78 is 43.0. The SMILES string of the molecule is COC(=O)C(CNC(=O)c1cn(CCCNC(=O)OC(C)(C)C)c2cc(CNc3nccn3C)ccc2c1=O)NS(=O)(=O)c1c(C)cc(C)cc1C. The second-order valence-corrected chi connectivity index (χ2v) is 15.2. The number of fused-ring (bicyclic) bond motifs is 1. The molecule has 0 aliphatic carbocycles. The Morgan fingerprint density at radius 3 is 2.33 bits per heavy atom. The quantitative estimate of drug-likeness (QED) is 0.110. The van der Waals surface area contributed by atoms with Crippen molar-refractivity contribution in [3.8, 4) is 0 Å². The van der Waals surface area contributed by atoms with Gasteiger partial charge in [0.25, 0.3) is 5.91 Å². The van der Waals surface area contributed by atoms with Crippen LogP contribution in [0.15, 0.2) is 58.6 Å². The number of hydrogen-bond donors (Lipinski definition) is 4. The summed E-state index contributed by atoms with van der Waals surface area (Å²) in [7, 11) is -1.26.